The minimum Gasteiger partial charge on any atom is -0.496 e. The van der Waals surface area contributed by atoms with Crippen LogP contribution in [0.25, 0.3) is 0 Å². The number of para-hydroxylation sites is 1. The van der Waals surface area contributed by atoms with E-state index < -0.39 is 0 Å². The lowest BCUT2D eigenvalue weighted by Crippen LogP contribution is -2.49. The van der Waals surface area contributed by atoms with Crippen molar-refractivity contribution in [3.8, 4) is 5.75 Å². The van der Waals surface area contributed by atoms with E-state index in [1.54, 1.807) is 7.11 Å². The van der Waals surface area contributed by atoms with Gasteiger partial charge in [0.2, 0.25) is 5.91 Å². The Kier molecular flexibility index (Phi) is 7.10. The van der Waals surface area contributed by atoms with Crippen LogP contribution in [0.5, 0.6) is 5.75 Å². The van der Waals surface area contributed by atoms with Gasteiger partial charge in [-0.15, -0.1) is 0 Å². The van der Waals surface area contributed by atoms with Crippen LogP contribution in [0, 0.1) is 0 Å². The van der Waals surface area contributed by atoms with E-state index in [9.17, 15) is 4.79 Å². The summed E-state index contributed by atoms with van der Waals surface area (Å²) in [7, 11) is 1.64. The molecule has 1 heterocycles. The van der Waals surface area contributed by atoms with Gasteiger partial charge in [0.05, 0.1) is 13.7 Å². The molecule has 1 saturated heterocycles. The number of amides is 1. The van der Waals surface area contributed by atoms with Crippen molar-refractivity contribution >= 4 is 17.5 Å². The number of halogens is 1. The van der Waals surface area contributed by atoms with Crippen LogP contribution >= 0.6 is 11.6 Å². The Morgan fingerprint density at radius 2 is 1.81 bits per heavy atom. The van der Waals surface area contributed by atoms with Crippen LogP contribution in [0.15, 0.2) is 48.5 Å². The lowest BCUT2D eigenvalue weighted by Gasteiger charge is -2.34. The molecule has 2 aromatic carbocycles. The average molecular weight is 388 g/mol. The van der Waals surface area contributed by atoms with Gasteiger partial charge in [-0.05, 0) is 23.8 Å². The lowest BCUT2D eigenvalue weighted by atomic mass is 10.2. The third-order valence-corrected chi connectivity index (χ3v) is 5.03. The molecule has 2 aromatic rings. The normalized spacial score (nSPS) is 15.5. The van der Waals surface area contributed by atoms with E-state index in [0.717, 1.165) is 49.1 Å². The smallest absolute Gasteiger partial charge is 0.234 e. The molecule has 1 aliphatic heterocycles. The van der Waals surface area contributed by atoms with Crippen LogP contribution in [-0.2, 0) is 17.9 Å². The van der Waals surface area contributed by atoms with E-state index in [1.807, 2.05) is 42.5 Å². The molecular formula is C21H26ClN3O2. The number of nitrogens with zero attached hydrogens (tertiary/aromatic N) is 2. The molecule has 0 aromatic heterocycles. The molecule has 1 N–H and O–H groups in total. The highest BCUT2D eigenvalue weighted by Gasteiger charge is 2.19. The number of hydrogen-bond donors (Lipinski definition) is 1. The molecule has 0 aliphatic carbocycles. The second-order valence-electron chi connectivity index (χ2n) is 6.77. The summed E-state index contributed by atoms with van der Waals surface area (Å²) in [6.45, 7) is 5.50. The average Bonchev–Trinajstić information content (AvgIpc) is 2.68. The van der Waals surface area contributed by atoms with E-state index in [4.69, 9.17) is 16.3 Å². The van der Waals surface area contributed by atoms with Gasteiger partial charge in [-0.1, -0.05) is 41.9 Å². The number of rotatable bonds is 7. The number of piperazine rings is 1. The van der Waals surface area contributed by atoms with Gasteiger partial charge in [0.1, 0.15) is 5.75 Å². The summed E-state index contributed by atoms with van der Waals surface area (Å²) < 4.78 is 5.32. The molecular weight excluding hydrogens is 362 g/mol. The minimum atomic E-state index is 0.0456. The second kappa shape index (κ2) is 9.74. The molecule has 0 unspecified atom stereocenters. The van der Waals surface area contributed by atoms with E-state index in [0.29, 0.717) is 13.1 Å². The van der Waals surface area contributed by atoms with Gasteiger partial charge in [-0.2, -0.15) is 0 Å². The Bertz CT molecular complexity index is 761. The number of benzene rings is 2. The van der Waals surface area contributed by atoms with Crippen molar-refractivity contribution in [2.24, 2.45) is 0 Å². The van der Waals surface area contributed by atoms with Gasteiger partial charge in [0.15, 0.2) is 0 Å². The van der Waals surface area contributed by atoms with Crippen LogP contribution < -0.4 is 10.1 Å². The molecule has 144 valence electrons. The first-order chi connectivity index (χ1) is 13.1. The first-order valence-corrected chi connectivity index (χ1v) is 9.59. The van der Waals surface area contributed by atoms with E-state index in [2.05, 4.69) is 21.2 Å². The van der Waals surface area contributed by atoms with Crippen LogP contribution in [0.3, 0.4) is 0 Å². The molecule has 0 atom stereocenters. The van der Waals surface area contributed by atoms with Gasteiger partial charge >= 0.3 is 0 Å². The zero-order valence-corrected chi connectivity index (χ0v) is 16.4. The van der Waals surface area contributed by atoms with Crippen molar-refractivity contribution < 1.29 is 9.53 Å². The largest absolute Gasteiger partial charge is 0.496 e. The predicted molar refractivity (Wildman–Crippen MR) is 108 cm³/mol. The highest BCUT2D eigenvalue weighted by molar-refractivity contribution is 6.30. The number of carbonyl (C=O) groups excluding carboxylic acids is 1. The topological polar surface area (TPSA) is 44.8 Å². The number of nitrogens with one attached hydrogen (secondary N) is 1. The summed E-state index contributed by atoms with van der Waals surface area (Å²) in [6.07, 6.45) is 0. The van der Waals surface area contributed by atoms with Gasteiger partial charge in [0.25, 0.3) is 0 Å². The van der Waals surface area contributed by atoms with E-state index >= 15 is 0 Å². The van der Waals surface area contributed by atoms with Gasteiger partial charge in [-0.3, -0.25) is 14.6 Å². The fraction of sp³-hybridized carbons (Fsp3) is 0.381. The summed E-state index contributed by atoms with van der Waals surface area (Å²) in [5.41, 5.74) is 2.21. The second-order valence-corrected chi connectivity index (χ2v) is 7.21. The maximum Gasteiger partial charge on any atom is 0.234 e. The maximum atomic E-state index is 12.3. The molecule has 5 nitrogen and oxygen atoms in total. The maximum absolute atomic E-state index is 12.3. The summed E-state index contributed by atoms with van der Waals surface area (Å²) in [6, 6.07) is 15.7. The summed E-state index contributed by atoms with van der Waals surface area (Å²) in [5.74, 6) is 0.844. The van der Waals surface area contributed by atoms with E-state index in [1.165, 1.54) is 5.56 Å². The number of ether oxygens (including phenoxy) is 1. The van der Waals surface area contributed by atoms with Crippen molar-refractivity contribution in [3.63, 3.8) is 0 Å². The quantitative estimate of drug-likeness (QED) is 0.793. The zero-order chi connectivity index (χ0) is 19.1. The predicted octanol–water partition coefficient (Wildman–Crippen LogP) is 2.78. The molecule has 3 rings (SSSR count). The molecule has 1 fully saturated rings. The highest BCUT2D eigenvalue weighted by atomic mass is 35.5. The SMILES string of the molecule is COc1ccccc1CNC(=O)CN1CCN(Cc2cccc(Cl)c2)CC1. The van der Waals surface area contributed by atoms with Crippen molar-refractivity contribution in [2.75, 3.05) is 39.8 Å². The van der Waals surface area contributed by atoms with Crippen molar-refractivity contribution in [1.29, 1.82) is 0 Å². The molecule has 0 bridgehead atoms. The molecule has 0 radical (unpaired) electrons. The van der Waals surface area contributed by atoms with Crippen molar-refractivity contribution in [3.05, 3.63) is 64.7 Å². The monoisotopic (exact) mass is 387 g/mol. The van der Waals surface area contributed by atoms with Crippen LogP contribution in [0.4, 0.5) is 0 Å². The summed E-state index contributed by atoms with van der Waals surface area (Å²) in [5, 5.41) is 3.77. The Labute approximate surface area is 165 Å². The molecule has 0 saturated carbocycles. The van der Waals surface area contributed by atoms with Crippen LogP contribution in [-0.4, -0.2) is 55.5 Å². The van der Waals surface area contributed by atoms with Crippen molar-refractivity contribution in [1.82, 2.24) is 15.1 Å². The molecule has 1 amide bonds. The first-order valence-electron chi connectivity index (χ1n) is 9.22. The Morgan fingerprint density at radius 1 is 1.07 bits per heavy atom. The highest BCUT2D eigenvalue weighted by Crippen LogP contribution is 2.17. The van der Waals surface area contributed by atoms with Crippen molar-refractivity contribution in [2.45, 2.75) is 13.1 Å². The third kappa shape index (κ3) is 5.96. The Hall–Kier alpha value is -2.08. The van der Waals surface area contributed by atoms with Gasteiger partial charge < -0.3 is 10.1 Å². The number of methoxy groups -OCH3 is 1. The van der Waals surface area contributed by atoms with Gasteiger partial charge in [-0.25, -0.2) is 0 Å². The van der Waals surface area contributed by atoms with Crippen LogP contribution in [0.2, 0.25) is 5.02 Å². The number of hydrogen-bond acceptors (Lipinski definition) is 4. The molecule has 1 aliphatic rings. The fourth-order valence-electron chi connectivity index (χ4n) is 3.30. The zero-order valence-electron chi connectivity index (χ0n) is 15.7. The van der Waals surface area contributed by atoms with E-state index in [-0.39, 0.29) is 5.91 Å². The van der Waals surface area contributed by atoms with Gasteiger partial charge in [0, 0.05) is 49.9 Å². The number of carbonyl (C=O) groups is 1. The standard InChI is InChI=1S/C21H26ClN3O2/c1-27-20-8-3-2-6-18(20)14-23-21(26)16-25-11-9-24(10-12-25)15-17-5-4-7-19(22)13-17/h2-8,13H,9-12,14-16H2,1H3,(H,23,26). The first kappa shape index (κ1) is 19.7. The molecule has 27 heavy (non-hydrogen) atoms. The lowest BCUT2D eigenvalue weighted by molar-refractivity contribution is -0.122. The minimum absolute atomic E-state index is 0.0456. The molecule has 6 heteroatoms. The Balaban J connectivity index is 1.40. The summed E-state index contributed by atoms with van der Waals surface area (Å²) in [4.78, 5) is 16.9. The fourth-order valence-corrected chi connectivity index (χ4v) is 3.51. The molecule has 0 spiro atoms. The third-order valence-electron chi connectivity index (χ3n) is 4.80. The Morgan fingerprint density at radius 3 is 2.56 bits per heavy atom. The van der Waals surface area contributed by atoms with Crippen LogP contribution in [0.1, 0.15) is 11.1 Å². The summed E-state index contributed by atoms with van der Waals surface area (Å²) >= 11 is 6.06.